The maximum absolute atomic E-state index is 12.7. The Balaban J connectivity index is 2.42. The minimum atomic E-state index is -4.09. The van der Waals surface area contributed by atoms with Crippen LogP contribution < -0.4 is 0 Å². The Morgan fingerprint density at radius 3 is 2.13 bits per heavy atom. The quantitative estimate of drug-likeness (QED) is 0.761. The Bertz CT molecular complexity index is 610. The first-order valence-electron chi connectivity index (χ1n) is 7.67. The number of rotatable bonds is 1. The minimum absolute atomic E-state index is 0.0830. The van der Waals surface area contributed by atoms with Gasteiger partial charge >= 0.3 is 16.3 Å². The summed E-state index contributed by atoms with van der Waals surface area (Å²) in [5.74, 6) is -0.427. The summed E-state index contributed by atoms with van der Waals surface area (Å²) in [4.78, 5) is 25.3. The fourth-order valence-electron chi connectivity index (χ4n) is 3.77. The van der Waals surface area contributed by atoms with Crippen LogP contribution in [0.2, 0.25) is 0 Å². The Labute approximate surface area is 137 Å². The van der Waals surface area contributed by atoms with Gasteiger partial charge in [0, 0.05) is 31.6 Å². The SMILES string of the molecule is CN(C)C(=O)[C@H]1CC[C@H]2[C@@H](C1)N(C(=O)O)S(=O)(=O)N2C(C)(C)C. The molecule has 0 aromatic heterocycles. The van der Waals surface area contributed by atoms with Crippen LogP contribution in [0, 0.1) is 5.92 Å². The molecule has 1 aliphatic heterocycles. The first-order valence-corrected chi connectivity index (χ1v) is 9.06. The molecule has 1 saturated carbocycles. The number of fused-ring (bicyclic) bond motifs is 1. The molecule has 0 unspecified atom stereocenters. The third kappa shape index (κ3) is 2.91. The molecule has 2 amide bonds. The molecule has 1 aliphatic carbocycles. The molecular formula is C14H25N3O5S. The van der Waals surface area contributed by atoms with Gasteiger partial charge in [-0.05, 0) is 40.0 Å². The van der Waals surface area contributed by atoms with Crippen molar-refractivity contribution in [2.75, 3.05) is 14.1 Å². The highest BCUT2D eigenvalue weighted by molar-refractivity contribution is 7.87. The van der Waals surface area contributed by atoms with Crippen molar-refractivity contribution in [3.8, 4) is 0 Å². The number of hydrogen-bond donors (Lipinski definition) is 1. The van der Waals surface area contributed by atoms with E-state index in [1.54, 1.807) is 34.9 Å². The van der Waals surface area contributed by atoms with Gasteiger partial charge in [-0.25, -0.2) is 4.79 Å². The number of carbonyl (C=O) groups is 2. The lowest BCUT2D eigenvalue weighted by molar-refractivity contribution is -0.134. The molecule has 1 heterocycles. The van der Waals surface area contributed by atoms with Crippen molar-refractivity contribution in [3.63, 3.8) is 0 Å². The average Bonchev–Trinajstić information content (AvgIpc) is 2.61. The van der Waals surface area contributed by atoms with Gasteiger partial charge in [-0.3, -0.25) is 4.79 Å². The maximum Gasteiger partial charge on any atom is 0.422 e. The first-order chi connectivity index (χ1) is 10.4. The lowest BCUT2D eigenvalue weighted by atomic mass is 9.80. The lowest BCUT2D eigenvalue weighted by Crippen LogP contribution is -2.51. The molecule has 9 heteroatoms. The monoisotopic (exact) mass is 347 g/mol. The molecule has 1 saturated heterocycles. The highest BCUT2D eigenvalue weighted by atomic mass is 32.2. The van der Waals surface area contributed by atoms with E-state index in [1.807, 2.05) is 0 Å². The van der Waals surface area contributed by atoms with E-state index >= 15 is 0 Å². The van der Waals surface area contributed by atoms with E-state index in [4.69, 9.17) is 0 Å². The van der Waals surface area contributed by atoms with Gasteiger partial charge in [-0.1, -0.05) is 0 Å². The molecule has 2 rings (SSSR count). The molecule has 23 heavy (non-hydrogen) atoms. The van der Waals surface area contributed by atoms with Crippen molar-refractivity contribution < 1.29 is 23.1 Å². The third-order valence-corrected chi connectivity index (χ3v) is 6.76. The van der Waals surface area contributed by atoms with E-state index in [-0.39, 0.29) is 18.2 Å². The smallest absolute Gasteiger partial charge is 0.422 e. The van der Waals surface area contributed by atoms with Crippen LogP contribution in [0.4, 0.5) is 4.79 Å². The largest absolute Gasteiger partial charge is 0.464 e. The molecule has 2 aliphatic rings. The Morgan fingerprint density at radius 1 is 1.13 bits per heavy atom. The van der Waals surface area contributed by atoms with Crippen molar-refractivity contribution in [2.24, 2.45) is 5.92 Å². The van der Waals surface area contributed by atoms with Gasteiger partial charge in [0.1, 0.15) is 0 Å². The van der Waals surface area contributed by atoms with Crippen LogP contribution in [0.15, 0.2) is 0 Å². The van der Waals surface area contributed by atoms with Crippen LogP contribution in [0.5, 0.6) is 0 Å². The Morgan fingerprint density at radius 2 is 1.70 bits per heavy atom. The van der Waals surface area contributed by atoms with Crippen LogP contribution in [-0.2, 0) is 15.0 Å². The molecule has 3 atom stereocenters. The number of nitrogens with zero attached hydrogens (tertiary/aromatic N) is 3. The highest BCUT2D eigenvalue weighted by Crippen LogP contribution is 2.43. The second kappa shape index (κ2) is 5.62. The van der Waals surface area contributed by atoms with Crippen LogP contribution >= 0.6 is 0 Å². The van der Waals surface area contributed by atoms with E-state index in [0.717, 1.165) is 0 Å². The van der Waals surface area contributed by atoms with Gasteiger partial charge in [0.05, 0.1) is 6.04 Å². The van der Waals surface area contributed by atoms with E-state index in [9.17, 15) is 23.1 Å². The number of amides is 2. The lowest BCUT2D eigenvalue weighted by Gasteiger charge is -2.38. The summed E-state index contributed by atoms with van der Waals surface area (Å²) in [6, 6.07) is -1.12. The van der Waals surface area contributed by atoms with Crippen LogP contribution in [0.3, 0.4) is 0 Å². The van der Waals surface area contributed by atoms with Gasteiger partial charge in [0.25, 0.3) is 0 Å². The van der Waals surface area contributed by atoms with Crippen molar-refractivity contribution in [3.05, 3.63) is 0 Å². The van der Waals surface area contributed by atoms with Gasteiger partial charge in [0.2, 0.25) is 5.91 Å². The predicted octanol–water partition coefficient (Wildman–Crippen LogP) is 0.951. The zero-order valence-electron chi connectivity index (χ0n) is 14.2. The van der Waals surface area contributed by atoms with Gasteiger partial charge < -0.3 is 10.0 Å². The first kappa shape index (κ1) is 18.0. The summed E-state index contributed by atoms with van der Waals surface area (Å²) in [5.41, 5.74) is -0.718. The number of hydrogen-bond acceptors (Lipinski definition) is 4. The van der Waals surface area contributed by atoms with Crippen LogP contribution in [0.25, 0.3) is 0 Å². The molecule has 0 radical (unpaired) electrons. The molecule has 0 spiro atoms. The number of carboxylic acid groups (broad SMARTS) is 1. The summed E-state index contributed by atoms with van der Waals surface area (Å²) in [6.07, 6.45) is -0.201. The van der Waals surface area contributed by atoms with Crippen LogP contribution in [-0.4, -0.2) is 70.8 Å². The highest BCUT2D eigenvalue weighted by Gasteiger charge is 2.59. The van der Waals surface area contributed by atoms with Gasteiger partial charge in [-0.15, -0.1) is 0 Å². The molecule has 0 aromatic rings. The molecule has 1 N–H and O–H groups in total. The summed E-state index contributed by atoms with van der Waals surface area (Å²) >= 11 is 0. The third-order valence-electron chi connectivity index (χ3n) is 4.52. The van der Waals surface area contributed by atoms with Gasteiger partial charge in [0.15, 0.2) is 0 Å². The zero-order valence-corrected chi connectivity index (χ0v) is 15.0. The second-order valence-corrected chi connectivity index (χ2v) is 9.11. The minimum Gasteiger partial charge on any atom is -0.464 e. The maximum atomic E-state index is 12.7. The zero-order chi connectivity index (χ0) is 17.7. The number of carbonyl (C=O) groups excluding carboxylic acids is 1. The topological polar surface area (TPSA) is 98.2 Å². The standard InChI is InChI=1S/C14H25N3O5S/c1-14(2,3)17-10-7-6-9(12(18)15(4)5)8-11(10)16(13(19)20)23(17,21)22/h9-11H,6-8H2,1-5H3,(H,19,20)/t9-,10-,11+/m0/s1. The van der Waals surface area contributed by atoms with E-state index in [1.165, 1.54) is 9.21 Å². The average molecular weight is 347 g/mol. The predicted molar refractivity (Wildman–Crippen MR) is 84.0 cm³/mol. The second-order valence-electron chi connectivity index (χ2n) is 7.43. The summed E-state index contributed by atoms with van der Waals surface area (Å²) < 4.78 is 27.3. The molecule has 2 fully saturated rings. The Kier molecular flexibility index (Phi) is 4.40. The van der Waals surface area contributed by atoms with Crippen molar-refractivity contribution in [2.45, 2.75) is 57.7 Å². The molecule has 132 valence electrons. The normalized spacial score (nSPS) is 30.8. The van der Waals surface area contributed by atoms with Crippen LogP contribution in [0.1, 0.15) is 40.0 Å². The Hall–Kier alpha value is -1.35. The fourth-order valence-corrected chi connectivity index (χ4v) is 6.00. The summed E-state index contributed by atoms with van der Waals surface area (Å²) in [6.45, 7) is 5.26. The van der Waals surface area contributed by atoms with Gasteiger partial charge in [-0.2, -0.15) is 17.0 Å². The van der Waals surface area contributed by atoms with E-state index in [0.29, 0.717) is 17.1 Å². The molecule has 0 bridgehead atoms. The summed E-state index contributed by atoms with van der Waals surface area (Å²) in [5, 5.41) is 9.43. The van der Waals surface area contributed by atoms with Crippen molar-refractivity contribution >= 4 is 22.2 Å². The van der Waals surface area contributed by atoms with Crippen molar-refractivity contribution in [1.29, 1.82) is 0 Å². The molecule has 0 aromatic carbocycles. The van der Waals surface area contributed by atoms with E-state index < -0.39 is 33.9 Å². The molecule has 8 nitrogen and oxygen atoms in total. The summed E-state index contributed by atoms with van der Waals surface area (Å²) in [7, 11) is -0.796. The van der Waals surface area contributed by atoms with E-state index in [2.05, 4.69) is 0 Å². The fraction of sp³-hybridized carbons (Fsp3) is 0.857. The van der Waals surface area contributed by atoms with Crippen molar-refractivity contribution in [1.82, 2.24) is 13.5 Å². The molecular weight excluding hydrogens is 322 g/mol.